The van der Waals surface area contributed by atoms with Crippen LogP contribution in [0, 0.1) is 0 Å². The summed E-state index contributed by atoms with van der Waals surface area (Å²) >= 11 is 0. The second-order valence-electron chi connectivity index (χ2n) is 5.24. The number of hydrogen-bond donors (Lipinski definition) is 1. The first-order valence-corrected chi connectivity index (χ1v) is 7.20. The van der Waals surface area contributed by atoms with E-state index in [1.54, 1.807) is 41.2 Å². The molecule has 0 unspecified atom stereocenters. The fourth-order valence-corrected chi connectivity index (χ4v) is 2.37. The van der Waals surface area contributed by atoms with E-state index >= 15 is 0 Å². The Bertz CT molecular complexity index is 898. The van der Waals surface area contributed by atoms with Gasteiger partial charge in [0.25, 0.3) is 0 Å². The molecule has 0 saturated heterocycles. The van der Waals surface area contributed by atoms with Crippen LogP contribution in [0.15, 0.2) is 67.0 Å². The zero-order valence-electron chi connectivity index (χ0n) is 12.7. The number of halogens is 3. The number of benzene rings is 2. The Morgan fingerprint density at radius 3 is 2.36 bits per heavy atom. The van der Waals surface area contributed by atoms with Crippen LogP contribution in [0.3, 0.4) is 0 Å². The second-order valence-corrected chi connectivity index (χ2v) is 5.24. The van der Waals surface area contributed by atoms with Gasteiger partial charge in [-0.3, -0.25) is 0 Å². The number of nitrogens with zero attached hydrogens (tertiary/aromatic N) is 1. The van der Waals surface area contributed by atoms with Crippen molar-refractivity contribution in [2.24, 2.45) is 0 Å². The predicted octanol–water partition coefficient (Wildman–Crippen LogP) is 4.74. The lowest BCUT2D eigenvalue weighted by Gasteiger charge is -2.10. The summed E-state index contributed by atoms with van der Waals surface area (Å²) in [6.45, 7) is 0. The highest BCUT2D eigenvalue weighted by atomic mass is 19.4. The van der Waals surface area contributed by atoms with Gasteiger partial charge in [0.1, 0.15) is 5.75 Å². The molecule has 0 fully saturated rings. The van der Waals surface area contributed by atoms with E-state index in [1.165, 1.54) is 30.3 Å². The highest BCUT2D eigenvalue weighted by Crippen LogP contribution is 2.26. The number of carboxylic acid groups (broad SMARTS) is 1. The maximum Gasteiger partial charge on any atom is 0.573 e. The van der Waals surface area contributed by atoms with E-state index in [2.05, 4.69) is 4.74 Å². The summed E-state index contributed by atoms with van der Waals surface area (Å²) < 4.78 is 42.5. The third-order valence-electron chi connectivity index (χ3n) is 3.51. The third-order valence-corrected chi connectivity index (χ3v) is 3.51. The summed E-state index contributed by atoms with van der Waals surface area (Å²) in [4.78, 5) is 10.9. The Balaban J connectivity index is 1.86. The summed E-state index contributed by atoms with van der Waals surface area (Å²) in [6, 6.07) is 13.8. The van der Waals surface area contributed by atoms with Gasteiger partial charge in [-0.25, -0.2) is 4.79 Å². The van der Waals surface area contributed by atoms with E-state index in [1.807, 2.05) is 0 Å². The Kier molecular flexibility index (Phi) is 4.22. The molecule has 128 valence electrons. The van der Waals surface area contributed by atoms with Gasteiger partial charge in [-0.05, 0) is 41.5 Å². The normalized spacial score (nSPS) is 11.3. The average Bonchev–Trinajstić information content (AvgIpc) is 3.03. The average molecular weight is 347 g/mol. The molecule has 1 N–H and O–H groups in total. The molecule has 4 nitrogen and oxygen atoms in total. The lowest BCUT2D eigenvalue weighted by atomic mass is 10.1. The first-order valence-electron chi connectivity index (χ1n) is 7.20. The maximum atomic E-state index is 12.3. The van der Waals surface area contributed by atoms with Crippen molar-refractivity contribution < 1.29 is 27.8 Å². The minimum Gasteiger partial charge on any atom is -0.478 e. The molecule has 0 aliphatic heterocycles. The smallest absolute Gasteiger partial charge is 0.478 e. The number of ether oxygens (including phenoxy) is 1. The molecule has 3 aromatic rings. The van der Waals surface area contributed by atoms with Gasteiger partial charge in [-0.1, -0.05) is 18.2 Å². The predicted molar refractivity (Wildman–Crippen MR) is 84.8 cm³/mol. The summed E-state index contributed by atoms with van der Waals surface area (Å²) in [5.41, 5.74) is 2.29. The van der Waals surface area contributed by atoms with Crippen molar-refractivity contribution in [3.63, 3.8) is 0 Å². The maximum absolute atomic E-state index is 12.3. The minimum atomic E-state index is -4.74. The van der Waals surface area contributed by atoms with Gasteiger partial charge in [0.05, 0.1) is 5.56 Å². The lowest BCUT2D eigenvalue weighted by molar-refractivity contribution is -0.274. The van der Waals surface area contributed by atoms with Crippen LogP contribution in [0.25, 0.3) is 16.8 Å². The van der Waals surface area contributed by atoms with Crippen LogP contribution in [-0.2, 0) is 0 Å². The molecular formula is C18H12F3NO3. The monoisotopic (exact) mass is 347 g/mol. The van der Waals surface area contributed by atoms with Crippen molar-refractivity contribution in [2.45, 2.75) is 6.36 Å². The molecule has 0 aliphatic rings. The molecule has 2 aromatic carbocycles. The minimum absolute atomic E-state index is 0.181. The number of hydrogen-bond acceptors (Lipinski definition) is 2. The van der Waals surface area contributed by atoms with Crippen LogP contribution in [-0.4, -0.2) is 22.0 Å². The van der Waals surface area contributed by atoms with E-state index in [9.17, 15) is 18.0 Å². The van der Waals surface area contributed by atoms with Crippen LogP contribution in [0.4, 0.5) is 13.2 Å². The number of aromatic nitrogens is 1. The Morgan fingerprint density at radius 2 is 1.72 bits per heavy atom. The van der Waals surface area contributed by atoms with E-state index in [0.29, 0.717) is 5.69 Å². The second kappa shape index (κ2) is 6.35. The largest absolute Gasteiger partial charge is 0.573 e. The quantitative estimate of drug-likeness (QED) is 0.742. The van der Waals surface area contributed by atoms with Crippen LogP contribution in [0.5, 0.6) is 5.75 Å². The molecule has 0 atom stereocenters. The van der Waals surface area contributed by atoms with Crippen LogP contribution < -0.4 is 4.74 Å². The van der Waals surface area contributed by atoms with E-state index < -0.39 is 12.3 Å². The molecule has 0 amide bonds. The molecule has 7 heteroatoms. The van der Waals surface area contributed by atoms with E-state index in [-0.39, 0.29) is 11.3 Å². The molecule has 0 saturated carbocycles. The summed E-state index contributed by atoms with van der Waals surface area (Å²) in [5, 5.41) is 8.91. The van der Waals surface area contributed by atoms with Gasteiger partial charge in [-0.2, -0.15) is 0 Å². The number of alkyl halides is 3. The third kappa shape index (κ3) is 4.00. The fraction of sp³-hybridized carbons (Fsp3) is 0.0556. The van der Waals surface area contributed by atoms with Crippen molar-refractivity contribution in [3.8, 4) is 22.6 Å². The first kappa shape index (κ1) is 16.6. The molecule has 1 heterocycles. The zero-order valence-corrected chi connectivity index (χ0v) is 12.7. The molecule has 1 aromatic heterocycles. The lowest BCUT2D eigenvalue weighted by Crippen LogP contribution is -2.17. The van der Waals surface area contributed by atoms with Gasteiger partial charge >= 0.3 is 12.3 Å². The summed E-state index contributed by atoms with van der Waals surface area (Å²) in [5.74, 6) is -1.31. The summed E-state index contributed by atoms with van der Waals surface area (Å²) in [7, 11) is 0. The molecule has 0 radical (unpaired) electrons. The summed E-state index contributed by atoms with van der Waals surface area (Å²) in [6.07, 6.45) is -1.30. The van der Waals surface area contributed by atoms with Crippen molar-refractivity contribution in [2.75, 3.05) is 0 Å². The van der Waals surface area contributed by atoms with E-state index in [4.69, 9.17) is 5.11 Å². The van der Waals surface area contributed by atoms with Crippen LogP contribution in [0.1, 0.15) is 10.4 Å². The molecule has 3 rings (SSSR count). The standard InChI is InChI=1S/C18H12F3NO3/c19-18(20,21)25-16-3-1-2-15(10-16)22-9-8-14(11-22)12-4-6-13(7-5-12)17(23)24/h1-11H,(H,23,24). The molecule has 0 spiro atoms. The topological polar surface area (TPSA) is 51.5 Å². The van der Waals surface area contributed by atoms with Crippen LogP contribution in [0.2, 0.25) is 0 Å². The fourth-order valence-electron chi connectivity index (χ4n) is 2.37. The Labute approximate surface area is 140 Å². The molecule has 0 bridgehead atoms. The van der Waals surface area contributed by atoms with Gasteiger partial charge in [0.2, 0.25) is 0 Å². The van der Waals surface area contributed by atoms with Crippen LogP contribution >= 0.6 is 0 Å². The van der Waals surface area contributed by atoms with Crippen molar-refractivity contribution in [1.29, 1.82) is 0 Å². The van der Waals surface area contributed by atoms with Gasteiger partial charge in [0, 0.05) is 24.1 Å². The van der Waals surface area contributed by atoms with Crippen molar-refractivity contribution >= 4 is 5.97 Å². The highest BCUT2D eigenvalue weighted by molar-refractivity contribution is 5.88. The highest BCUT2D eigenvalue weighted by Gasteiger charge is 2.31. The van der Waals surface area contributed by atoms with Crippen molar-refractivity contribution in [3.05, 3.63) is 72.6 Å². The van der Waals surface area contributed by atoms with E-state index in [0.717, 1.165) is 11.1 Å². The number of rotatable bonds is 4. The Morgan fingerprint density at radius 1 is 1.00 bits per heavy atom. The molecule has 25 heavy (non-hydrogen) atoms. The SMILES string of the molecule is O=C(O)c1ccc(-c2ccn(-c3cccc(OC(F)(F)F)c3)c2)cc1. The molecular weight excluding hydrogens is 335 g/mol. The number of aromatic carboxylic acids is 1. The Hall–Kier alpha value is -3.22. The van der Waals surface area contributed by atoms with Crippen molar-refractivity contribution in [1.82, 2.24) is 4.57 Å². The number of carbonyl (C=O) groups is 1. The molecule has 0 aliphatic carbocycles. The van der Waals surface area contributed by atoms with Gasteiger partial charge in [-0.15, -0.1) is 13.2 Å². The van der Waals surface area contributed by atoms with Gasteiger partial charge in [0.15, 0.2) is 0 Å². The van der Waals surface area contributed by atoms with Gasteiger partial charge < -0.3 is 14.4 Å². The first-order chi connectivity index (χ1) is 11.8. The number of carboxylic acids is 1. The zero-order chi connectivity index (χ0) is 18.0.